The molecule has 1 heterocycles. The van der Waals surface area contributed by atoms with E-state index < -0.39 is 0 Å². The fraction of sp³-hybridized carbons (Fsp3) is 0.143. The summed E-state index contributed by atoms with van der Waals surface area (Å²) in [6, 6.07) is 14.6. The fourth-order valence-electron chi connectivity index (χ4n) is 3.12. The average molecular weight is 346 g/mol. The highest BCUT2D eigenvalue weighted by molar-refractivity contribution is 6.04. The first-order valence-electron chi connectivity index (χ1n) is 8.39. The van der Waals surface area contributed by atoms with Gasteiger partial charge in [-0.25, -0.2) is 0 Å². The summed E-state index contributed by atoms with van der Waals surface area (Å²) >= 11 is 0. The Morgan fingerprint density at radius 3 is 2.62 bits per heavy atom. The van der Waals surface area contributed by atoms with Crippen LogP contribution < -0.4 is 5.32 Å². The zero-order chi connectivity index (χ0) is 18.3. The second-order valence-electron chi connectivity index (χ2n) is 6.46. The molecule has 0 fully saturated rings. The van der Waals surface area contributed by atoms with Gasteiger partial charge in [-0.3, -0.25) is 4.79 Å². The zero-order valence-electron chi connectivity index (χ0n) is 14.5. The van der Waals surface area contributed by atoms with Crippen molar-refractivity contribution in [2.45, 2.75) is 20.3 Å². The first-order chi connectivity index (χ1) is 12.5. The van der Waals surface area contributed by atoms with Crippen LogP contribution in [0.25, 0.3) is 21.7 Å². The number of phenolic OH excluding ortho intramolecular Hbond substituents is 1. The van der Waals surface area contributed by atoms with Crippen LogP contribution in [0.4, 0.5) is 5.69 Å². The lowest BCUT2D eigenvalue weighted by molar-refractivity contribution is -0.115. The molecule has 0 bridgehead atoms. The van der Waals surface area contributed by atoms with Gasteiger partial charge in [-0.05, 0) is 49.2 Å². The van der Waals surface area contributed by atoms with E-state index >= 15 is 0 Å². The quantitative estimate of drug-likeness (QED) is 0.573. The highest BCUT2D eigenvalue weighted by Crippen LogP contribution is 2.30. The van der Waals surface area contributed by atoms with Gasteiger partial charge in [0.05, 0.1) is 6.42 Å². The number of anilines is 1. The maximum atomic E-state index is 12.5. The van der Waals surface area contributed by atoms with Crippen LogP contribution in [0.15, 0.2) is 53.1 Å². The third-order valence-corrected chi connectivity index (χ3v) is 4.66. The summed E-state index contributed by atoms with van der Waals surface area (Å²) < 4.78 is 5.36. The van der Waals surface area contributed by atoms with Crippen LogP contribution >= 0.6 is 0 Å². The molecule has 0 spiro atoms. The predicted molar refractivity (Wildman–Crippen MR) is 101 cm³/mol. The smallest absolute Gasteiger partial charge is 0.230 e. The SMILES string of the molecule is Cc1cc2onc(CC(=O)Nc3cccc4c(O)cccc34)c2cc1C. The summed E-state index contributed by atoms with van der Waals surface area (Å²) in [6.45, 7) is 4.04. The Bertz CT molecular complexity index is 1140. The minimum absolute atomic E-state index is 0.116. The Morgan fingerprint density at radius 1 is 1.04 bits per heavy atom. The van der Waals surface area contributed by atoms with E-state index in [1.165, 1.54) is 0 Å². The van der Waals surface area contributed by atoms with Crippen molar-refractivity contribution in [2.24, 2.45) is 0 Å². The predicted octanol–water partition coefficient (Wildman–Crippen LogP) is 4.48. The van der Waals surface area contributed by atoms with E-state index in [9.17, 15) is 9.90 Å². The Hall–Kier alpha value is -3.34. The number of benzene rings is 3. The second kappa shape index (κ2) is 6.19. The number of carbonyl (C=O) groups is 1. The molecule has 26 heavy (non-hydrogen) atoms. The maximum Gasteiger partial charge on any atom is 0.230 e. The number of aryl methyl sites for hydroxylation is 2. The first-order valence-corrected chi connectivity index (χ1v) is 8.39. The van der Waals surface area contributed by atoms with Crippen molar-refractivity contribution in [3.05, 3.63) is 65.4 Å². The van der Waals surface area contributed by atoms with E-state index in [0.717, 1.165) is 21.9 Å². The van der Waals surface area contributed by atoms with E-state index in [-0.39, 0.29) is 18.1 Å². The standard InChI is InChI=1S/C21H18N2O3/c1-12-9-16-18(23-26-20(16)10-13(12)2)11-21(25)22-17-7-3-6-15-14(17)5-4-8-19(15)24/h3-10,24H,11H2,1-2H3,(H,22,25). The molecule has 1 amide bonds. The Morgan fingerprint density at radius 2 is 1.77 bits per heavy atom. The van der Waals surface area contributed by atoms with Crippen molar-refractivity contribution in [1.82, 2.24) is 5.16 Å². The van der Waals surface area contributed by atoms with E-state index in [1.54, 1.807) is 18.2 Å². The summed E-state index contributed by atoms with van der Waals surface area (Å²) in [7, 11) is 0. The lowest BCUT2D eigenvalue weighted by Gasteiger charge is -2.09. The van der Waals surface area contributed by atoms with Crippen LogP contribution in [0.2, 0.25) is 0 Å². The number of hydrogen-bond acceptors (Lipinski definition) is 4. The molecule has 5 heteroatoms. The average Bonchev–Trinajstić information content (AvgIpc) is 2.98. The molecule has 4 aromatic rings. The molecule has 2 N–H and O–H groups in total. The van der Waals surface area contributed by atoms with Gasteiger partial charge in [0, 0.05) is 21.8 Å². The van der Waals surface area contributed by atoms with Gasteiger partial charge in [-0.2, -0.15) is 0 Å². The molecular weight excluding hydrogens is 328 g/mol. The molecule has 5 nitrogen and oxygen atoms in total. The van der Waals surface area contributed by atoms with Crippen LogP contribution in [0.3, 0.4) is 0 Å². The topological polar surface area (TPSA) is 75.4 Å². The molecule has 0 radical (unpaired) electrons. The third kappa shape index (κ3) is 2.77. The molecule has 0 saturated heterocycles. The summed E-state index contributed by atoms with van der Waals surface area (Å²) in [5.41, 5.74) is 4.21. The van der Waals surface area contributed by atoms with Crippen molar-refractivity contribution in [1.29, 1.82) is 0 Å². The van der Waals surface area contributed by atoms with Gasteiger partial charge in [-0.1, -0.05) is 29.4 Å². The highest BCUT2D eigenvalue weighted by Gasteiger charge is 2.15. The molecule has 4 rings (SSSR count). The number of aromatic nitrogens is 1. The third-order valence-electron chi connectivity index (χ3n) is 4.66. The van der Waals surface area contributed by atoms with Gasteiger partial charge in [0.15, 0.2) is 5.58 Å². The molecule has 0 aliphatic heterocycles. The zero-order valence-corrected chi connectivity index (χ0v) is 14.5. The van der Waals surface area contributed by atoms with E-state index in [2.05, 4.69) is 10.5 Å². The number of amides is 1. The molecule has 0 aliphatic rings. The fourth-order valence-corrected chi connectivity index (χ4v) is 3.12. The lowest BCUT2D eigenvalue weighted by atomic mass is 10.1. The largest absolute Gasteiger partial charge is 0.507 e. The molecule has 0 aliphatic carbocycles. The molecule has 0 unspecified atom stereocenters. The van der Waals surface area contributed by atoms with Gasteiger partial charge >= 0.3 is 0 Å². The van der Waals surface area contributed by atoms with Crippen LogP contribution in [0.1, 0.15) is 16.8 Å². The summed E-state index contributed by atoms with van der Waals surface area (Å²) in [5, 5.41) is 19.3. The van der Waals surface area contributed by atoms with Crippen LogP contribution in [0, 0.1) is 13.8 Å². The Balaban J connectivity index is 1.62. The number of nitrogens with zero attached hydrogens (tertiary/aromatic N) is 1. The van der Waals surface area contributed by atoms with Crippen LogP contribution in [0.5, 0.6) is 5.75 Å². The second-order valence-corrected chi connectivity index (χ2v) is 6.46. The Labute approximate surface area is 150 Å². The highest BCUT2D eigenvalue weighted by atomic mass is 16.5. The van der Waals surface area contributed by atoms with Crippen molar-refractivity contribution in [3.63, 3.8) is 0 Å². The van der Waals surface area contributed by atoms with Crippen LogP contribution in [-0.4, -0.2) is 16.2 Å². The Kier molecular flexibility index (Phi) is 3.84. The molecular formula is C21H18N2O3. The van der Waals surface area contributed by atoms with Crippen molar-refractivity contribution in [2.75, 3.05) is 5.32 Å². The summed E-state index contributed by atoms with van der Waals surface area (Å²) in [5.74, 6) is 0.00112. The monoisotopic (exact) mass is 346 g/mol. The number of nitrogens with one attached hydrogen (secondary N) is 1. The molecule has 0 saturated carbocycles. The molecule has 130 valence electrons. The van der Waals surface area contributed by atoms with Crippen molar-refractivity contribution < 1.29 is 14.4 Å². The van der Waals surface area contributed by atoms with Gasteiger partial charge < -0.3 is 14.9 Å². The van der Waals surface area contributed by atoms with Gasteiger partial charge in [-0.15, -0.1) is 0 Å². The lowest BCUT2D eigenvalue weighted by Crippen LogP contribution is -2.15. The first kappa shape index (κ1) is 16.1. The van der Waals surface area contributed by atoms with E-state index in [1.807, 2.05) is 44.2 Å². The number of fused-ring (bicyclic) bond motifs is 2. The number of hydrogen-bond donors (Lipinski definition) is 2. The minimum Gasteiger partial charge on any atom is -0.507 e. The van der Waals surface area contributed by atoms with Crippen molar-refractivity contribution in [3.8, 4) is 5.75 Å². The van der Waals surface area contributed by atoms with E-state index in [4.69, 9.17) is 4.52 Å². The van der Waals surface area contributed by atoms with Gasteiger partial charge in [0.25, 0.3) is 0 Å². The van der Waals surface area contributed by atoms with Gasteiger partial charge in [0.1, 0.15) is 11.4 Å². The molecule has 0 atom stereocenters. The summed E-state index contributed by atoms with van der Waals surface area (Å²) in [4.78, 5) is 12.5. The molecule has 1 aromatic heterocycles. The minimum atomic E-state index is -0.186. The van der Waals surface area contributed by atoms with E-state index in [0.29, 0.717) is 22.4 Å². The number of carbonyl (C=O) groups excluding carboxylic acids is 1. The molecule has 3 aromatic carbocycles. The number of aromatic hydroxyl groups is 1. The normalized spacial score (nSPS) is 11.2. The maximum absolute atomic E-state index is 12.5. The van der Waals surface area contributed by atoms with Gasteiger partial charge in [0.2, 0.25) is 5.91 Å². The summed E-state index contributed by atoms with van der Waals surface area (Å²) in [6.07, 6.45) is 0.116. The van der Waals surface area contributed by atoms with Crippen LogP contribution in [-0.2, 0) is 11.2 Å². The number of rotatable bonds is 3. The van der Waals surface area contributed by atoms with Crippen molar-refractivity contribution >= 4 is 33.3 Å². The number of phenols is 1.